The van der Waals surface area contributed by atoms with E-state index in [1.807, 2.05) is 97.2 Å². The molecule has 0 spiro atoms. The Balaban J connectivity index is 0.000000133. The number of aromatic amines is 2. The molecular formula is C97H87F3N20O14S6. The third-order valence-electron chi connectivity index (χ3n) is 19.2. The lowest BCUT2D eigenvalue weighted by atomic mass is 10.1. The second kappa shape index (κ2) is 41.5. The van der Waals surface area contributed by atoms with Gasteiger partial charge < -0.3 is 68.4 Å². The van der Waals surface area contributed by atoms with Gasteiger partial charge in [-0.05, 0) is 232 Å². The van der Waals surface area contributed by atoms with Crippen LogP contribution in [0.25, 0.3) is 99.6 Å². The minimum Gasteiger partial charge on any atom is -0.443 e. The maximum Gasteiger partial charge on any atom is 0.419 e. The summed E-state index contributed by atoms with van der Waals surface area (Å²) in [6.45, 7) is 5.25. The monoisotopic (exact) mass is 2000 g/mol. The first kappa shape index (κ1) is 97.9. The van der Waals surface area contributed by atoms with Crippen LogP contribution in [0, 0.1) is 28.8 Å². The van der Waals surface area contributed by atoms with Crippen molar-refractivity contribution in [2.45, 2.75) is 26.4 Å². The number of hydrogen-bond acceptors (Lipinski definition) is 27. The summed E-state index contributed by atoms with van der Waals surface area (Å²) in [5, 5.41) is 29.1. The number of nitriles is 1. The molecule has 2 atom stereocenters. The first-order chi connectivity index (χ1) is 66.5. The standard InChI is InChI=1S/C23H23FN4O5S.C20H18N4O2S.2C18H15FN4O3S.C18H16N4OS2/c1-23(2,3)33-22(29)28-18-9-8-15(24)10-14(18)11-19(28)20-13-25-21(32-20)26-16-6-5-7-17(12-16)27-34(4,30)31;1-27(2,25)24-18-5-3-4-17(11-18)23-20-22-13-19(26-20)15-6-7-16-12-21-9-8-14(16)10-15;1-27(24,25)23-14-4-2-3-13(9-14)21-18-20-10-17(26-18)16-8-11-7-12(19)5-6-15(11)22-16;1-27(24,25)23-14-4-2-3-13(9-14)21-18-20-10-17(26-18)16-7-11-5-6-12(19)8-15(11)22-16;1-25(2,23)22-16-5-3-4-15(10-16)21-18-20-12-17(24-18)14-8-6-13(11-19)7-9-14/h5-13,27H,1-4H3,(H,25,26);3-13H,1H2,2H3,(H,22,23)(H,24,25);2*2-10,22-23H,1H3,(H,20,21);3-10,12H,1H2,2H3,(H,20,21)(H,22,23). The van der Waals surface area contributed by atoms with Crippen molar-refractivity contribution in [2.24, 2.45) is 0 Å². The van der Waals surface area contributed by atoms with Crippen LogP contribution < -0.4 is 50.2 Å². The summed E-state index contributed by atoms with van der Waals surface area (Å²) in [5.74, 6) is 8.00. The van der Waals surface area contributed by atoms with Gasteiger partial charge in [-0.25, -0.2) is 81.1 Å². The summed E-state index contributed by atoms with van der Waals surface area (Å²) in [5.41, 5.74) is 11.4. The van der Waals surface area contributed by atoms with Crippen LogP contribution in [0.3, 0.4) is 0 Å². The van der Waals surface area contributed by atoms with Gasteiger partial charge in [-0.1, -0.05) is 65.9 Å². The normalized spacial score (nSPS) is 12.2. The first-order valence-electron chi connectivity index (χ1n) is 41.7. The van der Waals surface area contributed by atoms with Gasteiger partial charge in [0.25, 0.3) is 24.1 Å². The molecule has 716 valence electrons. The van der Waals surface area contributed by atoms with E-state index in [1.165, 1.54) is 64.6 Å². The van der Waals surface area contributed by atoms with E-state index in [1.54, 1.807) is 173 Å². The van der Waals surface area contributed by atoms with Crippen LogP contribution in [0.4, 0.5) is 104 Å². The molecule has 0 amide bonds. The quantitative estimate of drug-likeness (QED) is 0.0236. The molecule has 0 saturated heterocycles. The predicted octanol–water partition coefficient (Wildman–Crippen LogP) is 21.9. The highest BCUT2D eigenvalue weighted by molar-refractivity contribution is 8.01. The van der Waals surface area contributed by atoms with Crippen molar-refractivity contribution in [2.75, 3.05) is 81.5 Å². The molecule has 9 aromatic heterocycles. The van der Waals surface area contributed by atoms with E-state index in [-0.39, 0.29) is 35.4 Å². The number of oxazole rings is 4. The van der Waals surface area contributed by atoms with Gasteiger partial charge in [0.15, 0.2) is 28.2 Å². The molecule has 12 N–H and O–H groups in total. The Morgan fingerprint density at radius 3 is 1.31 bits per heavy atom. The molecule has 43 heteroatoms. The van der Waals surface area contributed by atoms with E-state index in [0.717, 1.165) is 84.0 Å². The van der Waals surface area contributed by atoms with Crippen LogP contribution >= 0.6 is 11.3 Å². The highest BCUT2D eigenvalue weighted by Crippen LogP contribution is 2.38. The minimum absolute atomic E-state index is 0.110. The van der Waals surface area contributed by atoms with E-state index in [4.69, 9.17) is 27.7 Å². The van der Waals surface area contributed by atoms with E-state index in [0.29, 0.717) is 102 Å². The number of sulfonamides is 3. The number of rotatable bonds is 25. The summed E-state index contributed by atoms with van der Waals surface area (Å²) in [4.78, 5) is 45.6. The van der Waals surface area contributed by atoms with E-state index in [2.05, 4.69) is 108 Å². The van der Waals surface area contributed by atoms with E-state index < -0.39 is 67.0 Å². The third kappa shape index (κ3) is 27.8. The van der Waals surface area contributed by atoms with Gasteiger partial charge in [0.05, 0.1) is 99.7 Å². The highest BCUT2D eigenvalue weighted by atomic mass is 32.2. The zero-order chi connectivity index (χ0) is 99.4. The molecule has 9 heterocycles. The van der Waals surface area contributed by atoms with Gasteiger partial charge in [-0.15, -0.1) is 0 Å². The SMILES string of the molecule is C=S(C)(=O)Nc1cccc(Nc2ncc(-c3ccc(C#N)cc3)s2)c1.C=S(C)(=O)Nc1cccc(Nc2ncc(-c3ccc4cnccc4c3)o2)c1.CC(C)(C)OC(=O)n1c(-c2cnc(Nc3cccc(NS(C)(=O)=O)c3)o2)cc2cc(F)ccc21.CS(=O)(=O)Nc1cccc(Nc2ncc(-c3cc4cc(F)ccc4[nH]3)o2)c1.CS(=O)(=O)Nc1cccc(Nc2ncc(-c3cc4ccc(F)cc4[nH]3)o2)c1. The largest absolute Gasteiger partial charge is 0.443 e. The van der Waals surface area contributed by atoms with Crippen molar-refractivity contribution in [1.82, 2.24) is 44.4 Å². The Labute approximate surface area is 805 Å². The number of anilines is 15. The van der Waals surface area contributed by atoms with Crippen LogP contribution in [-0.4, -0.2) is 133 Å². The van der Waals surface area contributed by atoms with Crippen LogP contribution in [-0.2, 0) is 54.2 Å². The number of thiazole rings is 1. The summed E-state index contributed by atoms with van der Waals surface area (Å²) < 4.78 is 175. The van der Waals surface area contributed by atoms with Gasteiger partial charge in [-0.3, -0.25) is 19.2 Å². The molecule has 0 aliphatic carbocycles. The Morgan fingerprint density at radius 1 is 0.407 bits per heavy atom. The number of halogens is 3. The van der Waals surface area contributed by atoms with Gasteiger partial charge in [0, 0.05) is 128 Å². The van der Waals surface area contributed by atoms with E-state index in [9.17, 15) is 51.6 Å². The lowest BCUT2D eigenvalue weighted by molar-refractivity contribution is 0.0546. The second-order valence-corrected chi connectivity index (χ2v) is 43.2. The molecular weight excluding hydrogens is 1920 g/mol. The summed E-state index contributed by atoms with van der Waals surface area (Å²) in [6, 6.07) is 71.5. The molecule has 0 aliphatic heterocycles. The molecule has 0 radical (unpaired) electrons. The summed E-state index contributed by atoms with van der Waals surface area (Å²) in [6.07, 6.45) is 17.3. The Kier molecular flexibility index (Phi) is 29.0. The number of ether oxygens (including phenoxy) is 1. The zero-order valence-electron chi connectivity index (χ0n) is 75.4. The lowest BCUT2D eigenvalue weighted by Gasteiger charge is -2.20. The number of pyridine rings is 1. The maximum absolute atomic E-state index is 13.8. The van der Waals surface area contributed by atoms with E-state index >= 15 is 0 Å². The van der Waals surface area contributed by atoms with Crippen LogP contribution in [0.1, 0.15) is 26.3 Å². The number of carbonyl (C=O) groups is 1. The molecule has 19 rings (SSSR count). The molecule has 2 unspecified atom stereocenters. The molecule has 19 aromatic rings. The molecule has 0 fully saturated rings. The number of H-pyrrole nitrogens is 2. The van der Waals surface area contributed by atoms with Crippen molar-refractivity contribution in [3.63, 3.8) is 0 Å². The summed E-state index contributed by atoms with van der Waals surface area (Å²) in [7, 11) is -14.8. The fourth-order valence-electron chi connectivity index (χ4n) is 13.6. The van der Waals surface area contributed by atoms with Crippen molar-refractivity contribution in [3.8, 4) is 62.2 Å². The van der Waals surface area contributed by atoms with Gasteiger partial charge in [0.2, 0.25) is 30.1 Å². The van der Waals surface area contributed by atoms with Crippen LogP contribution in [0.15, 0.2) is 304 Å². The number of nitrogens with one attached hydrogen (secondary N) is 12. The predicted molar refractivity (Wildman–Crippen MR) is 550 cm³/mol. The summed E-state index contributed by atoms with van der Waals surface area (Å²) >= 11 is 1.52. The second-order valence-electron chi connectivity index (χ2n) is 32.5. The molecule has 10 aromatic carbocycles. The van der Waals surface area contributed by atoms with Crippen molar-refractivity contribution in [1.29, 1.82) is 5.26 Å². The number of fused-ring (bicyclic) bond motifs is 4. The average molecular weight is 2010 g/mol. The Bertz CT molecular complexity index is 8270. The average Bonchev–Trinajstić information content (AvgIpc) is 1.60. The molecule has 0 aliphatic rings. The topological polar surface area (TPSA) is 473 Å². The van der Waals surface area contributed by atoms with Crippen molar-refractivity contribution >= 4 is 208 Å². The number of aromatic nitrogens is 9. The first-order valence-corrected chi connectivity index (χ1v) is 52.5. The smallest absolute Gasteiger partial charge is 0.419 e. The number of carbonyl (C=O) groups excluding carboxylic acids is 1. The number of nitrogens with zero attached hydrogens (tertiary/aromatic N) is 8. The molecule has 0 saturated carbocycles. The van der Waals surface area contributed by atoms with Crippen LogP contribution in [0.5, 0.6) is 0 Å². The molecule has 34 nitrogen and oxygen atoms in total. The van der Waals surface area contributed by atoms with Crippen molar-refractivity contribution < 1.29 is 74.0 Å². The maximum atomic E-state index is 13.8. The van der Waals surface area contributed by atoms with Gasteiger partial charge in [0.1, 0.15) is 23.1 Å². The van der Waals surface area contributed by atoms with Crippen LogP contribution in [0.2, 0.25) is 0 Å². The lowest BCUT2D eigenvalue weighted by Crippen LogP contribution is -2.27. The Morgan fingerprint density at radius 2 is 0.821 bits per heavy atom. The molecule has 140 heavy (non-hydrogen) atoms. The Hall–Kier alpha value is -16.7. The molecule has 0 bridgehead atoms. The van der Waals surface area contributed by atoms with Crippen molar-refractivity contribution in [3.05, 3.63) is 309 Å². The number of hydrogen-bond donors (Lipinski definition) is 12. The third-order valence-corrected chi connectivity index (χ3v) is 23.3. The van der Waals surface area contributed by atoms with Gasteiger partial charge >= 0.3 is 6.09 Å². The van der Waals surface area contributed by atoms with Gasteiger partial charge in [-0.2, -0.15) is 5.26 Å². The fourth-order valence-corrected chi connectivity index (χ4v) is 17.4. The zero-order valence-corrected chi connectivity index (χ0v) is 80.3. The number of benzene rings is 10. The minimum atomic E-state index is -3.43. The fraction of sp³-hybridized carbons (Fsp3) is 0.0928. The highest BCUT2D eigenvalue weighted by Gasteiger charge is 2.26.